The van der Waals surface area contributed by atoms with Gasteiger partial charge in [0, 0.05) is 17.7 Å². The molecule has 1 N–H and O–H groups in total. The normalized spacial score (nSPS) is 15.5. The van der Waals surface area contributed by atoms with E-state index in [1.165, 1.54) is 44.9 Å². The van der Waals surface area contributed by atoms with Crippen LogP contribution in [-0.4, -0.2) is 24.7 Å². The molecule has 1 aliphatic heterocycles. The fourth-order valence-electron chi connectivity index (χ4n) is 4.54. The predicted octanol–water partition coefficient (Wildman–Crippen LogP) is 7.64. The highest BCUT2D eigenvalue weighted by Gasteiger charge is 2.37. The number of para-hydroxylation sites is 1. The van der Waals surface area contributed by atoms with Gasteiger partial charge >= 0.3 is 0 Å². The Labute approximate surface area is 215 Å². The molecule has 1 atom stereocenters. The van der Waals surface area contributed by atoms with E-state index in [-0.39, 0.29) is 17.2 Å². The SMILES string of the molecule is CCCCCCCCCCCC(=O)Nc1ccccc1[C@@H]1SCC(=O)N1c1cc(C)ccc1OC. The Kier molecular flexibility index (Phi) is 11.0. The molecule has 0 spiro atoms. The molecule has 0 unspecified atom stereocenters. The molecule has 2 aromatic carbocycles. The van der Waals surface area contributed by atoms with E-state index < -0.39 is 0 Å². The van der Waals surface area contributed by atoms with Gasteiger partial charge in [-0.3, -0.25) is 14.5 Å². The second-order valence-electron chi connectivity index (χ2n) is 9.32. The number of amides is 2. The molecule has 0 radical (unpaired) electrons. The maximum absolute atomic E-state index is 12.9. The number of rotatable bonds is 14. The lowest BCUT2D eigenvalue weighted by atomic mass is 10.1. The molecule has 3 rings (SSSR count). The van der Waals surface area contributed by atoms with Gasteiger partial charge in [-0.05, 0) is 37.1 Å². The number of thioether (sulfide) groups is 1. The number of hydrogen-bond acceptors (Lipinski definition) is 4. The van der Waals surface area contributed by atoms with Crippen LogP contribution in [-0.2, 0) is 9.59 Å². The number of carbonyl (C=O) groups is 2. The molecule has 0 aromatic heterocycles. The summed E-state index contributed by atoms with van der Waals surface area (Å²) in [6, 6.07) is 13.7. The summed E-state index contributed by atoms with van der Waals surface area (Å²) in [5, 5.41) is 2.90. The van der Waals surface area contributed by atoms with Gasteiger partial charge in [0.25, 0.3) is 0 Å². The van der Waals surface area contributed by atoms with E-state index in [0.717, 1.165) is 35.3 Å². The second kappa shape index (κ2) is 14.2. The zero-order chi connectivity index (χ0) is 25.0. The predicted molar refractivity (Wildman–Crippen MR) is 147 cm³/mol. The van der Waals surface area contributed by atoms with Gasteiger partial charge in [0.1, 0.15) is 11.1 Å². The topological polar surface area (TPSA) is 58.6 Å². The molecule has 5 nitrogen and oxygen atoms in total. The summed E-state index contributed by atoms with van der Waals surface area (Å²) in [4.78, 5) is 27.5. The van der Waals surface area contributed by atoms with Crippen LogP contribution >= 0.6 is 11.8 Å². The van der Waals surface area contributed by atoms with Gasteiger partial charge in [0.2, 0.25) is 11.8 Å². The number of nitrogens with zero attached hydrogens (tertiary/aromatic N) is 1. The van der Waals surface area contributed by atoms with Crippen molar-refractivity contribution in [2.75, 3.05) is 23.1 Å². The molecule has 2 aromatic rings. The number of carbonyl (C=O) groups excluding carboxylic acids is 2. The fraction of sp³-hybridized carbons (Fsp3) is 0.517. The lowest BCUT2D eigenvalue weighted by Gasteiger charge is -2.27. The van der Waals surface area contributed by atoms with Crippen molar-refractivity contribution in [2.24, 2.45) is 0 Å². The summed E-state index contributed by atoms with van der Waals surface area (Å²) in [7, 11) is 1.62. The van der Waals surface area contributed by atoms with Crippen LogP contribution in [0.25, 0.3) is 0 Å². The van der Waals surface area contributed by atoms with E-state index in [4.69, 9.17) is 4.74 Å². The van der Waals surface area contributed by atoms with Crippen LogP contribution in [0.2, 0.25) is 0 Å². The highest BCUT2D eigenvalue weighted by Crippen LogP contribution is 2.46. The van der Waals surface area contributed by atoms with E-state index in [2.05, 4.69) is 12.2 Å². The van der Waals surface area contributed by atoms with Crippen molar-refractivity contribution in [2.45, 2.75) is 83.4 Å². The first-order valence-corrected chi connectivity index (χ1v) is 14.1. The van der Waals surface area contributed by atoms with E-state index in [9.17, 15) is 9.59 Å². The first-order chi connectivity index (χ1) is 17.0. The molecular formula is C29H40N2O3S. The van der Waals surface area contributed by atoms with Crippen molar-refractivity contribution >= 4 is 35.0 Å². The largest absolute Gasteiger partial charge is 0.495 e. The molecule has 190 valence electrons. The van der Waals surface area contributed by atoms with Crippen molar-refractivity contribution in [1.82, 2.24) is 0 Å². The smallest absolute Gasteiger partial charge is 0.238 e. The molecule has 1 aliphatic rings. The number of anilines is 2. The molecule has 0 bridgehead atoms. The standard InChI is InChI=1S/C29H40N2O3S/c1-4-5-6-7-8-9-10-11-12-17-27(32)30-24-16-14-13-15-23(24)29-31(28(33)21-35-29)25-20-22(2)18-19-26(25)34-3/h13-16,18-20,29H,4-12,17,21H2,1-3H3,(H,30,32)/t29-/m0/s1. The minimum Gasteiger partial charge on any atom is -0.495 e. The zero-order valence-corrected chi connectivity index (χ0v) is 22.3. The summed E-state index contributed by atoms with van der Waals surface area (Å²) in [5.41, 5.74) is 3.54. The maximum atomic E-state index is 12.9. The van der Waals surface area contributed by atoms with Gasteiger partial charge in [-0.1, -0.05) is 82.6 Å². The van der Waals surface area contributed by atoms with Crippen molar-refractivity contribution in [3.8, 4) is 5.75 Å². The van der Waals surface area contributed by atoms with Crippen molar-refractivity contribution in [1.29, 1.82) is 0 Å². The van der Waals surface area contributed by atoms with Crippen LogP contribution in [0.3, 0.4) is 0 Å². The molecule has 1 saturated heterocycles. The van der Waals surface area contributed by atoms with Crippen LogP contribution in [0.4, 0.5) is 11.4 Å². The van der Waals surface area contributed by atoms with Crippen LogP contribution in [0.15, 0.2) is 42.5 Å². The number of benzene rings is 2. The summed E-state index contributed by atoms with van der Waals surface area (Å²) < 4.78 is 5.56. The first kappa shape index (κ1) is 27.1. The monoisotopic (exact) mass is 496 g/mol. The first-order valence-electron chi connectivity index (χ1n) is 13.0. The lowest BCUT2D eigenvalue weighted by molar-refractivity contribution is -0.116. The Hall–Kier alpha value is -2.47. The molecule has 1 fully saturated rings. The Morgan fingerprint density at radius 2 is 1.71 bits per heavy atom. The minimum atomic E-state index is -0.220. The third-order valence-corrected chi connectivity index (χ3v) is 7.66. The Balaban J connectivity index is 1.60. The lowest BCUT2D eigenvalue weighted by Crippen LogP contribution is -2.29. The van der Waals surface area contributed by atoms with Crippen LogP contribution in [0.1, 0.15) is 87.6 Å². The second-order valence-corrected chi connectivity index (χ2v) is 10.4. The summed E-state index contributed by atoms with van der Waals surface area (Å²) >= 11 is 1.58. The number of unbranched alkanes of at least 4 members (excludes halogenated alkanes) is 8. The molecule has 0 aliphatic carbocycles. The maximum Gasteiger partial charge on any atom is 0.238 e. The molecule has 6 heteroatoms. The molecule has 0 saturated carbocycles. The quantitative estimate of drug-likeness (QED) is 0.273. The summed E-state index contributed by atoms with van der Waals surface area (Å²) in [6.45, 7) is 4.25. The highest BCUT2D eigenvalue weighted by atomic mass is 32.2. The van der Waals surface area contributed by atoms with Gasteiger partial charge in [0.15, 0.2) is 0 Å². The Bertz CT molecular complexity index is 978. The third-order valence-electron chi connectivity index (χ3n) is 6.47. The van der Waals surface area contributed by atoms with Gasteiger partial charge in [0.05, 0.1) is 18.6 Å². The van der Waals surface area contributed by atoms with E-state index in [1.54, 1.807) is 18.9 Å². The average Bonchev–Trinajstić information content (AvgIpc) is 3.24. The van der Waals surface area contributed by atoms with E-state index in [1.807, 2.05) is 54.3 Å². The Morgan fingerprint density at radius 3 is 2.43 bits per heavy atom. The fourth-order valence-corrected chi connectivity index (χ4v) is 5.74. The van der Waals surface area contributed by atoms with Crippen LogP contribution < -0.4 is 15.0 Å². The number of methoxy groups -OCH3 is 1. The van der Waals surface area contributed by atoms with Gasteiger partial charge in [-0.2, -0.15) is 0 Å². The van der Waals surface area contributed by atoms with Crippen molar-refractivity contribution < 1.29 is 14.3 Å². The third kappa shape index (κ3) is 7.76. The highest BCUT2D eigenvalue weighted by molar-refractivity contribution is 8.00. The number of hydrogen-bond donors (Lipinski definition) is 1. The van der Waals surface area contributed by atoms with Crippen molar-refractivity contribution in [3.05, 3.63) is 53.6 Å². The number of ether oxygens (including phenoxy) is 1. The average molecular weight is 497 g/mol. The van der Waals surface area contributed by atoms with Gasteiger partial charge in [-0.15, -0.1) is 11.8 Å². The Morgan fingerprint density at radius 1 is 1.03 bits per heavy atom. The van der Waals surface area contributed by atoms with Crippen molar-refractivity contribution in [3.63, 3.8) is 0 Å². The van der Waals surface area contributed by atoms with Crippen LogP contribution in [0, 0.1) is 6.92 Å². The zero-order valence-electron chi connectivity index (χ0n) is 21.5. The number of nitrogens with one attached hydrogen (secondary N) is 1. The molecule has 35 heavy (non-hydrogen) atoms. The van der Waals surface area contributed by atoms with E-state index >= 15 is 0 Å². The molecule has 2 amide bonds. The van der Waals surface area contributed by atoms with E-state index in [0.29, 0.717) is 17.9 Å². The van der Waals surface area contributed by atoms with Gasteiger partial charge in [-0.25, -0.2) is 0 Å². The number of aryl methyl sites for hydroxylation is 1. The molecule has 1 heterocycles. The minimum absolute atomic E-state index is 0.0365. The summed E-state index contributed by atoms with van der Waals surface area (Å²) in [6.07, 6.45) is 11.6. The van der Waals surface area contributed by atoms with Gasteiger partial charge < -0.3 is 10.1 Å². The van der Waals surface area contributed by atoms with Crippen LogP contribution in [0.5, 0.6) is 5.75 Å². The molecular weight excluding hydrogens is 456 g/mol. The summed E-state index contributed by atoms with van der Waals surface area (Å²) in [5.74, 6) is 1.14.